The monoisotopic (exact) mass is 329 g/mol. The summed E-state index contributed by atoms with van der Waals surface area (Å²) in [7, 11) is 1.72. The first-order valence-electron chi connectivity index (χ1n) is 7.81. The molecule has 1 N–H and O–H groups in total. The van der Waals surface area contributed by atoms with Crippen LogP contribution in [0.3, 0.4) is 0 Å². The van der Waals surface area contributed by atoms with E-state index < -0.39 is 10.8 Å². The standard InChI is InChI=1S/C16H19N5O3/c1-11-9-15(19(2)18-11)17-16(22)12-5-6-13(14(10-12)21(23)24)20-7-3-4-8-20/h5-6,9-10H,3-4,7-8H2,1-2H3,(H,17,22). The van der Waals surface area contributed by atoms with Crippen molar-refractivity contribution in [1.29, 1.82) is 0 Å². The molecule has 1 aromatic heterocycles. The Balaban J connectivity index is 1.88. The number of carbonyl (C=O) groups is 1. The predicted octanol–water partition coefficient (Wildman–Crippen LogP) is 2.49. The predicted molar refractivity (Wildman–Crippen MR) is 90.4 cm³/mol. The van der Waals surface area contributed by atoms with Crippen LogP contribution in [0.2, 0.25) is 0 Å². The van der Waals surface area contributed by atoms with Gasteiger partial charge in [0.1, 0.15) is 11.5 Å². The van der Waals surface area contributed by atoms with E-state index in [-0.39, 0.29) is 11.3 Å². The molecule has 1 amide bonds. The van der Waals surface area contributed by atoms with Crippen molar-refractivity contribution < 1.29 is 9.72 Å². The zero-order chi connectivity index (χ0) is 17.3. The fourth-order valence-corrected chi connectivity index (χ4v) is 2.95. The lowest BCUT2D eigenvalue weighted by atomic mass is 10.1. The van der Waals surface area contributed by atoms with Crippen molar-refractivity contribution in [2.75, 3.05) is 23.3 Å². The number of benzene rings is 1. The van der Waals surface area contributed by atoms with Crippen LogP contribution in [0.4, 0.5) is 17.2 Å². The summed E-state index contributed by atoms with van der Waals surface area (Å²) in [5, 5.41) is 18.3. The normalized spacial score (nSPS) is 14.0. The van der Waals surface area contributed by atoms with Crippen LogP contribution >= 0.6 is 0 Å². The number of nitro benzene ring substituents is 1. The third-order valence-corrected chi connectivity index (χ3v) is 4.12. The molecule has 1 fully saturated rings. The molecular weight excluding hydrogens is 310 g/mol. The number of rotatable bonds is 4. The minimum atomic E-state index is -0.432. The van der Waals surface area contributed by atoms with Gasteiger partial charge in [-0.3, -0.25) is 19.6 Å². The maximum atomic E-state index is 12.4. The molecule has 0 spiro atoms. The van der Waals surface area contributed by atoms with E-state index in [4.69, 9.17) is 0 Å². The van der Waals surface area contributed by atoms with Gasteiger partial charge in [0.15, 0.2) is 0 Å². The van der Waals surface area contributed by atoms with Gasteiger partial charge in [-0.05, 0) is 31.9 Å². The number of amides is 1. The van der Waals surface area contributed by atoms with E-state index in [0.29, 0.717) is 11.5 Å². The van der Waals surface area contributed by atoms with E-state index in [1.165, 1.54) is 6.07 Å². The van der Waals surface area contributed by atoms with Crippen molar-refractivity contribution in [3.8, 4) is 0 Å². The lowest BCUT2D eigenvalue weighted by Gasteiger charge is -2.17. The van der Waals surface area contributed by atoms with Crippen LogP contribution in [0.5, 0.6) is 0 Å². The van der Waals surface area contributed by atoms with E-state index in [1.54, 1.807) is 29.9 Å². The molecule has 0 radical (unpaired) electrons. The van der Waals surface area contributed by atoms with Crippen molar-refractivity contribution in [3.05, 3.63) is 45.6 Å². The van der Waals surface area contributed by atoms with E-state index in [1.807, 2.05) is 11.8 Å². The second-order valence-corrected chi connectivity index (χ2v) is 5.90. The average Bonchev–Trinajstić information content (AvgIpc) is 3.17. The number of aryl methyl sites for hydroxylation is 2. The number of carbonyl (C=O) groups excluding carboxylic acids is 1. The van der Waals surface area contributed by atoms with Crippen molar-refractivity contribution >= 4 is 23.1 Å². The Labute approximate surface area is 139 Å². The molecule has 24 heavy (non-hydrogen) atoms. The molecule has 8 heteroatoms. The summed E-state index contributed by atoms with van der Waals surface area (Å²) < 4.78 is 1.56. The van der Waals surface area contributed by atoms with Crippen LogP contribution in [0.15, 0.2) is 24.3 Å². The van der Waals surface area contributed by atoms with Crippen LogP contribution in [0, 0.1) is 17.0 Å². The molecule has 1 aromatic carbocycles. The van der Waals surface area contributed by atoms with E-state index in [9.17, 15) is 14.9 Å². The summed E-state index contributed by atoms with van der Waals surface area (Å²) in [5.41, 5.74) is 1.57. The lowest BCUT2D eigenvalue weighted by Crippen LogP contribution is -2.20. The molecule has 1 aliphatic heterocycles. The van der Waals surface area contributed by atoms with Gasteiger partial charge >= 0.3 is 0 Å². The molecule has 0 saturated carbocycles. The van der Waals surface area contributed by atoms with Gasteiger partial charge in [0, 0.05) is 37.8 Å². The number of hydrogen-bond acceptors (Lipinski definition) is 5. The second kappa shape index (κ2) is 6.31. The van der Waals surface area contributed by atoms with E-state index in [2.05, 4.69) is 10.4 Å². The van der Waals surface area contributed by atoms with E-state index in [0.717, 1.165) is 31.6 Å². The number of nitrogens with zero attached hydrogens (tertiary/aromatic N) is 4. The third kappa shape index (κ3) is 3.08. The summed E-state index contributed by atoms with van der Waals surface area (Å²) in [6.07, 6.45) is 2.05. The van der Waals surface area contributed by atoms with Gasteiger partial charge in [-0.2, -0.15) is 5.10 Å². The molecule has 0 bridgehead atoms. The van der Waals surface area contributed by atoms with Crippen LogP contribution in [-0.4, -0.2) is 33.7 Å². The van der Waals surface area contributed by atoms with Crippen LogP contribution < -0.4 is 10.2 Å². The van der Waals surface area contributed by atoms with Crippen LogP contribution in [0.25, 0.3) is 0 Å². The summed E-state index contributed by atoms with van der Waals surface area (Å²) in [4.78, 5) is 25.4. The van der Waals surface area contributed by atoms with Crippen LogP contribution in [-0.2, 0) is 7.05 Å². The molecule has 126 valence electrons. The number of hydrogen-bond donors (Lipinski definition) is 1. The molecule has 1 aliphatic rings. The molecule has 1 saturated heterocycles. The Morgan fingerprint density at radius 2 is 2.00 bits per heavy atom. The van der Waals surface area contributed by atoms with Gasteiger partial charge in [-0.15, -0.1) is 0 Å². The Morgan fingerprint density at radius 1 is 1.29 bits per heavy atom. The minimum Gasteiger partial charge on any atom is -0.366 e. The Hall–Kier alpha value is -2.90. The SMILES string of the molecule is Cc1cc(NC(=O)c2ccc(N3CCCC3)c([N+](=O)[O-])c2)n(C)n1. The molecule has 0 atom stereocenters. The Morgan fingerprint density at radius 3 is 2.58 bits per heavy atom. The highest BCUT2D eigenvalue weighted by Crippen LogP contribution is 2.31. The first-order valence-corrected chi connectivity index (χ1v) is 7.81. The highest BCUT2D eigenvalue weighted by atomic mass is 16.6. The Bertz CT molecular complexity index is 793. The molecule has 8 nitrogen and oxygen atoms in total. The van der Waals surface area contributed by atoms with Crippen LogP contribution in [0.1, 0.15) is 28.9 Å². The third-order valence-electron chi connectivity index (χ3n) is 4.12. The van der Waals surface area contributed by atoms with Crippen molar-refractivity contribution in [2.45, 2.75) is 19.8 Å². The zero-order valence-electron chi connectivity index (χ0n) is 13.7. The molecule has 0 aliphatic carbocycles. The summed E-state index contributed by atoms with van der Waals surface area (Å²) in [5.74, 6) is 0.151. The molecule has 2 aromatic rings. The van der Waals surface area contributed by atoms with E-state index >= 15 is 0 Å². The van der Waals surface area contributed by atoms with Gasteiger partial charge in [0.05, 0.1) is 10.6 Å². The number of aromatic nitrogens is 2. The fraction of sp³-hybridized carbons (Fsp3) is 0.375. The van der Waals surface area contributed by atoms with Gasteiger partial charge in [-0.1, -0.05) is 0 Å². The van der Waals surface area contributed by atoms with Gasteiger partial charge in [-0.25, -0.2) is 0 Å². The van der Waals surface area contributed by atoms with Gasteiger partial charge < -0.3 is 10.2 Å². The fourth-order valence-electron chi connectivity index (χ4n) is 2.95. The van der Waals surface area contributed by atoms with Crippen molar-refractivity contribution in [3.63, 3.8) is 0 Å². The molecule has 0 unspecified atom stereocenters. The second-order valence-electron chi connectivity index (χ2n) is 5.90. The summed E-state index contributed by atoms with van der Waals surface area (Å²) in [6.45, 7) is 3.44. The highest BCUT2D eigenvalue weighted by molar-refractivity contribution is 6.04. The maximum Gasteiger partial charge on any atom is 0.293 e. The average molecular weight is 329 g/mol. The first-order chi connectivity index (χ1) is 11.5. The first kappa shape index (κ1) is 16.0. The van der Waals surface area contributed by atoms with Gasteiger partial charge in [0.2, 0.25) is 0 Å². The smallest absolute Gasteiger partial charge is 0.293 e. The molecular formula is C16H19N5O3. The summed E-state index contributed by atoms with van der Waals surface area (Å²) in [6, 6.07) is 6.36. The topological polar surface area (TPSA) is 93.3 Å². The number of anilines is 2. The van der Waals surface area contributed by atoms with Crippen molar-refractivity contribution in [2.24, 2.45) is 7.05 Å². The maximum absolute atomic E-state index is 12.4. The minimum absolute atomic E-state index is 0.0364. The quantitative estimate of drug-likeness (QED) is 0.687. The number of nitrogens with one attached hydrogen (secondary N) is 1. The molecule has 3 rings (SSSR count). The Kier molecular flexibility index (Phi) is 4.20. The molecule has 2 heterocycles. The highest BCUT2D eigenvalue weighted by Gasteiger charge is 2.24. The van der Waals surface area contributed by atoms with Crippen molar-refractivity contribution in [1.82, 2.24) is 9.78 Å². The van der Waals surface area contributed by atoms with Gasteiger partial charge in [0.25, 0.3) is 11.6 Å². The zero-order valence-corrected chi connectivity index (χ0v) is 13.7. The summed E-state index contributed by atoms with van der Waals surface area (Å²) >= 11 is 0. The number of nitro groups is 1. The lowest BCUT2D eigenvalue weighted by molar-refractivity contribution is -0.384. The largest absolute Gasteiger partial charge is 0.366 e.